The van der Waals surface area contributed by atoms with E-state index in [4.69, 9.17) is 38.3 Å². The number of halogens is 4. The van der Waals surface area contributed by atoms with E-state index in [0.29, 0.717) is 59.0 Å². The number of carboxylic acid groups (broad SMARTS) is 2. The zero-order valence-electron chi connectivity index (χ0n) is 33.9. The number of carboxylic acids is 2. The van der Waals surface area contributed by atoms with Crippen LogP contribution in [0.5, 0.6) is 17.2 Å². The minimum absolute atomic E-state index is 0.0441. The molecule has 2 fully saturated rings. The number of benzene rings is 4. The zero-order chi connectivity index (χ0) is 43.6. The summed E-state index contributed by atoms with van der Waals surface area (Å²) in [5.41, 5.74) is 5.18. The Kier molecular flexibility index (Phi) is 15.9. The van der Waals surface area contributed by atoms with Crippen LogP contribution in [0.1, 0.15) is 70.8 Å². The van der Waals surface area contributed by atoms with Gasteiger partial charge in [-0.2, -0.15) is 0 Å². The van der Waals surface area contributed by atoms with Crippen LogP contribution < -0.4 is 24.8 Å². The molecule has 4 aromatic carbocycles. The summed E-state index contributed by atoms with van der Waals surface area (Å²) < 4.78 is 63.3. The van der Waals surface area contributed by atoms with E-state index in [1.54, 1.807) is 42.5 Å². The smallest absolute Gasteiger partial charge is 0.307 e. The molecule has 16 heteroatoms. The van der Waals surface area contributed by atoms with Gasteiger partial charge in [-0.05, 0) is 79.3 Å². The van der Waals surface area contributed by atoms with Crippen molar-refractivity contribution in [3.63, 3.8) is 0 Å². The van der Waals surface area contributed by atoms with Crippen LogP contribution in [-0.4, -0.2) is 81.4 Å². The standard InChI is InChI=1S/C19H16BrFO4.C19H14BrFO4.2C4H9NO/c2*20-14-4-5-15(21)19-13(14)3-6-16(19)25-11-1-2-12-10(7-18(22)23)9-24-17(12)8-11;2*1-3-6-4-2-5-1/h1-2,4-5,8,10,16H,3,6-7,9H2,(H,22,23);1-2,4-5,8-9,16H,3,6-7H2,(H,22,23);2*5H,1-4H2/t10-,16-;16-;;/m11../s1. The molecule has 3 aliphatic heterocycles. The third-order valence-corrected chi connectivity index (χ3v) is 12.4. The first kappa shape index (κ1) is 45.4. The third-order valence-electron chi connectivity index (χ3n) is 11.0. The second-order valence-electron chi connectivity index (χ2n) is 15.2. The van der Waals surface area contributed by atoms with Crippen molar-refractivity contribution in [2.24, 2.45) is 0 Å². The Bertz CT molecular complexity index is 2320. The molecule has 12 nitrogen and oxygen atoms in total. The van der Waals surface area contributed by atoms with E-state index in [-0.39, 0.29) is 42.6 Å². The average molecular weight is 987 g/mol. The van der Waals surface area contributed by atoms with Gasteiger partial charge in [0.05, 0.1) is 52.1 Å². The van der Waals surface area contributed by atoms with E-state index in [9.17, 15) is 18.4 Å². The Morgan fingerprint density at radius 3 is 1.77 bits per heavy atom. The Hall–Kier alpha value is -4.58. The highest BCUT2D eigenvalue weighted by Crippen LogP contribution is 2.44. The van der Waals surface area contributed by atoms with E-state index >= 15 is 0 Å². The van der Waals surface area contributed by atoms with Crippen LogP contribution in [0.25, 0.3) is 11.0 Å². The quantitative estimate of drug-likeness (QED) is 0.117. The van der Waals surface area contributed by atoms with Crippen molar-refractivity contribution < 1.29 is 56.7 Å². The van der Waals surface area contributed by atoms with Gasteiger partial charge in [0, 0.05) is 80.8 Å². The lowest BCUT2D eigenvalue weighted by molar-refractivity contribution is -0.138. The molecule has 3 atom stereocenters. The van der Waals surface area contributed by atoms with E-state index < -0.39 is 11.9 Å². The Morgan fingerprint density at radius 1 is 0.726 bits per heavy atom. The highest BCUT2D eigenvalue weighted by atomic mass is 79.9. The number of rotatable bonds is 8. The fourth-order valence-corrected chi connectivity index (χ4v) is 9.09. The average Bonchev–Trinajstić information content (AvgIpc) is 4.09. The number of hydrogen-bond acceptors (Lipinski definition) is 10. The van der Waals surface area contributed by atoms with Gasteiger partial charge >= 0.3 is 11.9 Å². The lowest BCUT2D eigenvalue weighted by Crippen LogP contribution is -2.30. The van der Waals surface area contributed by atoms with Gasteiger partial charge in [-0.3, -0.25) is 9.59 Å². The normalized spacial score (nSPS) is 19.5. The van der Waals surface area contributed by atoms with E-state index in [1.165, 1.54) is 18.4 Å². The number of fused-ring (bicyclic) bond motifs is 4. The summed E-state index contributed by atoms with van der Waals surface area (Å²) in [5.74, 6) is -0.577. The first-order valence-electron chi connectivity index (χ1n) is 20.6. The van der Waals surface area contributed by atoms with E-state index in [1.807, 2.05) is 6.07 Å². The highest BCUT2D eigenvalue weighted by Gasteiger charge is 2.32. The summed E-state index contributed by atoms with van der Waals surface area (Å²) in [5, 5.41) is 25.0. The number of carbonyl (C=O) groups is 2. The SMILES string of the molecule is C1COCCN1.C1COCCN1.O=C(O)C[C@@H]1COc2cc(O[C@@H]3CCc4c(Br)ccc(F)c43)ccc21.O=C(O)Cc1coc2cc(O[C@@H]3CCc4c(Br)ccc(F)c43)ccc12. The topological polar surface area (TPSA) is 158 Å². The van der Waals surface area contributed by atoms with Gasteiger partial charge in [-0.1, -0.05) is 37.9 Å². The molecule has 2 saturated heterocycles. The summed E-state index contributed by atoms with van der Waals surface area (Å²) in [6, 6.07) is 17.0. The molecule has 0 bridgehead atoms. The van der Waals surface area contributed by atoms with Crippen LogP contribution in [0.15, 0.2) is 80.3 Å². The number of aliphatic carboxylic acids is 2. The fraction of sp³-hybridized carbons (Fsp3) is 0.391. The lowest BCUT2D eigenvalue weighted by Gasteiger charge is -2.16. The number of morpholine rings is 2. The molecule has 4 N–H and O–H groups in total. The Morgan fingerprint density at radius 2 is 1.27 bits per heavy atom. The molecule has 5 aromatic rings. The molecule has 0 radical (unpaired) electrons. The van der Waals surface area contributed by atoms with E-state index in [0.717, 1.165) is 96.5 Å². The Labute approximate surface area is 374 Å². The molecule has 0 spiro atoms. The molecule has 2 aliphatic carbocycles. The zero-order valence-corrected chi connectivity index (χ0v) is 37.0. The minimum Gasteiger partial charge on any atom is -0.492 e. The molecule has 5 aliphatic rings. The molecule has 0 saturated carbocycles. The predicted molar refractivity (Wildman–Crippen MR) is 233 cm³/mol. The highest BCUT2D eigenvalue weighted by molar-refractivity contribution is 9.10. The van der Waals surface area contributed by atoms with Crippen molar-refractivity contribution in [1.29, 1.82) is 0 Å². The summed E-state index contributed by atoms with van der Waals surface area (Å²) in [6.45, 7) is 8.03. The monoisotopic (exact) mass is 984 g/mol. The second kappa shape index (κ2) is 21.7. The number of hydrogen-bond donors (Lipinski definition) is 4. The Balaban J connectivity index is 0.000000147. The maximum Gasteiger partial charge on any atom is 0.307 e. The first-order chi connectivity index (χ1) is 30.0. The van der Waals surface area contributed by atoms with Gasteiger partial charge in [-0.15, -0.1) is 0 Å². The predicted octanol–water partition coefficient (Wildman–Crippen LogP) is 8.85. The van der Waals surface area contributed by atoms with Crippen molar-refractivity contribution in [2.75, 3.05) is 59.2 Å². The molecule has 10 rings (SSSR count). The van der Waals surface area contributed by atoms with Crippen LogP contribution in [0.3, 0.4) is 0 Å². The van der Waals surface area contributed by atoms with Gasteiger partial charge in [0.1, 0.15) is 46.7 Å². The van der Waals surface area contributed by atoms with Crippen molar-refractivity contribution in [2.45, 2.75) is 56.7 Å². The molecule has 330 valence electrons. The maximum atomic E-state index is 14.2. The van der Waals surface area contributed by atoms with Crippen LogP contribution in [0, 0.1) is 11.6 Å². The molecule has 0 unspecified atom stereocenters. The maximum absolute atomic E-state index is 14.2. The lowest BCUT2D eigenvalue weighted by atomic mass is 9.98. The molecular formula is C46H48Br2F2N2O10. The van der Waals surface area contributed by atoms with Crippen LogP contribution in [-0.2, 0) is 38.3 Å². The van der Waals surface area contributed by atoms with Crippen LogP contribution in [0.4, 0.5) is 8.78 Å². The summed E-state index contributed by atoms with van der Waals surface area (Å²) in [4.78, 5) is 21.8. The van der Waals surface area contributed by atoms with Gasteiger partial charge < -0.3 is 48.9 Å². The largest absolute Gasteiger partial charge is 0.492 e. The summed E-state index contributed by atoms with van der Waals surface area (Å²) in [6.07, 6.45) is 3.66. The number of ether oxygens (including phenoxy) is 5. The molecule has 1 aromatic heterocycles. The van der Waals surface area contributed by atoms with Crippen molar-refractivity contribution in [1.82, 2.24) is 10.6 Å². The molecule has 4 heterocycles. The van der Waals surface area contributed by atoms with Crippen molar-refractivity contribution in [3.8, 4) is 17.2 Å². The van der Waals surface area contributed by atoms with Gasteiger partial charge in [0.25, 0.3) is 0 Å². The molecule has 62 heavy (non-hydrogen) atoms. The first-order valence-corrected chi connectivity index (χ1v) is 22.2. The second-order valence-corrected chi connectivity index (χ2v) is 16.9. The molecular weight excluding hydrogens is 938 g/mol. The number of nitrogens with one attached hydrogen (secondary N) is 2. The third kappa shape index (κ3) is 11.5. The van der Waals surface area contributed by atoms with Crippen molar-refractivity contribution >= 4 is 54.8 Å². The van der Waals surface area contributed by atoms with Crippen LogP contribution >= 0.6 is 31.9 Å². The van der Waals surface area contributed by atoms with E-state index in [2.05, 4.69) is 42.5 Å². The molecule has 0 amide bonds. The summed E-state index contributed by atoms with van der Waals surface area (Å²) in [7, 11) is 0. The summed E-state index contributed by atoms with van der Waals surface area (Å²) >= 11 is 6.94. The van der Waals surface area contributed by atoms with Gasteiger partial charge in [0.2, 0.25) is 0 Å². The van der Waals surface area contributed by atoms with Gasteiger partial charge in [0.15, 0.2) is 0 Å². The van der Waals surface area contributed by atoms with Gasteiger partial charge in [-0.25, -0.2) is 8.78 Å². The minimum atomic E-state index is -0.911. The number of furan rings is 1. The van der Waals surface area contributed by atoms with Crippen molar-refractivity contribution in [3.05, 3.63) is 121 Å². The fourth-order valence-electron chi connectivity index (χ4n) is 8.01. The van der Waals surface area contributed by atoms with Crippen LogP contribution in [0.2, 0.25) is 0 Å².